The average molecular weight is 267 g/mol. The van der Waals surface area contributed by atoms with Crippen LogP contribution in [0.2, 0.25) is 0 Å². The molecule has 1 atom stereocenters. The molecule has 0 aliphatic heterocycles. The number of carboxylic acid groups (broad SMARTS) is 1. The summed E-state index contributed by atoms with van der Waals surface area (Å²) < 4.78 is 0. The molecule has 5 heteroatoms. The van der Waals surface area contributed by atoms with Crippen LogP contribution in [-0.2, 0) is 9.59 Å². The Labute approximate surface area is 110 Å². The Hall–Kier alpha value is -1.62. The highest BCUT2D eigenvalue weighted by atomic mass is 32.1. The van der Waals surface area contributed by atoms with Crippen molar-refractivity contribution in [2.24, 2.45) is 0 Å². The number of aryl methyl sites for hydroxylation is 1. The number of aliphatic carboxylic acids is 1. The fourth-order valence-corrected chi connectivity index (χ4v) is 2.29. The van der Waals surface area contributed by atoms with E-state index in [1.165, 1.54) is 6.08 Å². The molecule has 0 saturated carbocycles. The maximum atomic E-state index is 11.6. The van der Waals surface area contributed by atoms with E-state index in [9.17, 15) is 9.59 Å². The van der Waals surface area contributed by atoms with Crippen molar-refractivity contribution in [3.8, 4) is 0 Å². The Bertz CT molecular complexity index is 451. The van der Waals surface area contributed by atoms with Gasteiger partial charge in [0.05, 0.1) is 0 Å². The molecule has 0 radical (unpaired) electrons. The number of thiophene rings is 1. The fraction of sp³-hybridized carbons (Fsp3) is 0.385. The zero-order valence-electron chi connectivity index (χ0n) is 10.5. The second-order valence-corrected chi connectivity index (χ2v) is 4.94. The highest BCUT2D eigenvalue weighted by molar-refractivity contribution is 7.11. The minimum Gasteiger partial charge on any atom is -0.480 e. The van der Waals surface area contributed by atoms with Crippen LogP contribution in [0.3, 0.4) is 0 Å². The third-order valence-electron chi connectivity index (χ3n) is 2.48. The number of nitrogens with one attached hydrogen (secondary N) is 1. The van der Waals surface area contributed by atoms with E-state index in [1.54, 1.807) is 17.4 Å². The first-order valence-corrected chi connectivity index (χ1v) is 6.68. The van der Waals surface area contributed by atoms with E-state index >= 15 is 0 Å². The SMILES string of the molecule is CCC[C@H](NC(=O)/C=C/c1sccc1C)C(=O)O. The average Bonchev–Trinajstić information content (AvgIpc) is 2.71. The van der Waals surface area contributed by atoms with Gasteiger partial charge < -0.3 is 10.4 Å². The summed E-state index contributed by atoms with van der Waals surface area (Å²) >= 11 is 1.54. The van der Waals surface area contributed by atoms with Crippen LogP contribution in [0.1, 0.15) is 30.2 Å². The van der Waals surface area contributed by atoms with Gasteiger partial charge in [-0.05, 0) is 36.4 Å². The van der Waals surface area contributed by atoms with Crippen LogP contribution >= 0.6 is 11.3 Å². The highest BCUT2D eigenvalue weighted by Gasteiger charge is 2.17. The van der Waals surface area contributed by atoms with E-state index in [2.05, 4.69) is 5.32 Å². The van der Waals surface area contributed by atoms with Crippen molar-refractivity contribution in [3.05, 3.63) is 28.0 Å². The normalized spacial score (nSPS) is 12.6. The lowest BCUT2D eigenvalue weighted by Gasteiger charge is -2.11. The Morgan fingerprint density at radius 2 is 2.28 bits per heavy atom. The molecule has 1 rings (SSSR count). The zero-order valence-corrected chi connectivity index (χ0v) is 11.3. The lowest BCUT2D eigenvalue weighted by molar-refractivity contribution is -0.141. The molecule has 0 spiro atoms. The number of carboxylic acids is 1. The van der Waals surface area contributed by atoms with Crippen LogP contribution in [0.25, 0.3) is 6.08 Å². The quantitative estimate of drug-likeness (QED) is 0.778. The van der Waals surface area contributed by atoms with Crippen molar-refractivity contribution in [2.45, 2.75) is 32.7 Å². The molecule has 0 bridgehead atoms. The molecule has 1 heterocycles. The molecule has 0 fully saturated rings. The van der Waals surface area contributed by atoms with E-state index < -0.39 is 12.0 Å². The maximum absolute atomic E-state index is 11.6. The van der Waals surface area contributed by atoms with Gasteiger partial charge >= 0.3 is 5.97 Å². The number of amides is 1. The molecule has 0 unspecified atom stereocenters. The molecule has 1 aromatic rings. The third kappa shape index (κ3) is 4.33. The lowest BCUT2D eigenvalue weighted by Crippen LogP contribution is -2.39. The first-order valence-electron chi connectivity index (χ1n) is 5.80. The fourth-order valence-electron chi connectivity index (χ4n) is 1.47. The van der Waals surface area contributed by atoms with Gasteiger partial charge in [0, 0.05) is 11.0 Å². The molecule has 1 aromatic heterocycles. The molecule has 2 N–H and O–H groups in total. The Balaban J connectivity index is 2.58. The third-order valence-corrected chi connectivity index (χ3v) is 3.46. The monoisotopic (exact) mass is 267 g/mol. The Morgan fingerprint density at radius 1 is 1.56 bits per heavy atom. The molecular formula is C13H17NO3S. The topological polar surface area (TPSA) is 66.4 Å². The molecule has 1 amide bonds. The molecule has 4 nitrogen and oxygen atoms in total. The van der Waals surface area contributed by atoms with Gasteiger partial charge in [-0.1, -0.05) is 13.3 Å². The predicted octanol–water partition coefficient (Wildman–Crippen LogP) is 2.44. The largest absolute Gasteiger partial charge is 0.480 e. The van der Waals surface area contributed by atoms with Crippen LogP contribution in [-0.4, -0.2) is 23.0 Å². The summed E-state index contributed by atoms with van der Waals surface area (Å²) in [6, 6.07) is 1.16. The van der Waals surface area contributed by atoms with Crippen LogP contribution in [0, 0.1) is 6.92 Å². The summed E-state index contributed by atoms with van der Waals surface area (Å²) in [5.74, 6) is -1.37. The second kappa shape index (κ2) is 6.96. The van der Waals surface area contributed by atoms with Gasteiger partial charge in [-0.3, -0.25) is 4.79 Å². The Morgan fingerprint density at radius 3 is 2.78 bits per heavy atom. The minimum atomic E-state index is -0.995. The van der Waals surface area contributed by atoms with E-state index in [0.29, 0.717) is 12.8 Å². The molecule has 0 saturated heterocycles. The maximum Gasteiger partial charge on any atom is 0.326 e. The summed E-state index contributed by atoms with van der Waals surface area (Å²) in [6.45, 7) is 3.85. The summed E-state index contributed by atoms with van der Waals surface area (Å²) in [4.78, 5) is 23.5. The van der Waals surface area contributed by atoms with E-state index in [1.807, 2.05) is 25.3 Å². The second-order valence-electron chi connectivity index (χ2n) is 3.99. The van der Waals surface area contributed by atoms with Gasteiger partial charge in [0.2, 0.25) is 5.91 Å². The molecule has 0 aliphatic rings. The van der Waals surface area contributed by atoms with Crippen molar-refractivity contribution < 1.29 is 14.7 Å². The van der Waals surface area contributed by atoms with E-state index in [4.69, 9.17) is 5.11 Å². The van der Waals surface area contributed by atoms with Crippen LogP contribution in [0.4, 0.5) is 0 Å². The van der Waals surface area contributed by atoms with Crippen molar-refractivity contribution in [1.82, 2.24) is 5.32 Å². The number of carbonyl (C=O) groups excluding carboxylic acids is 1. The van der Waals surface area contributed by atoms with Crippen LogP contribution in [0.5, 0.6) is 0 Å². The first-order chi connectivity index (χ1) is 8.54. The highest BCUT2D eigenvalue weighted by Crippen LogP contribution is 2.16. The number of hydrogen-bond acceptors (Lipinski definition) is 3. The van der Waals surface area contributed by atoms with Crippen LogP contribution < -0.4 is 5.32 Å². The van der Waals surface area contributed by atoms with E-state index in [0.717, 1.165) is 10.4 Å². The molecule has 98 valence electrons. The minimum absolute atomic E-state index is 0.372. The van der Waals surface area contributed by atoms with Gasteiger partial charge in [0.15, 0.2) is 0 Å². The van der Waals surface area contributed by atoms with Gasteiger partial charge in [0.25, 0.3) is 0 Å². The van der Waals surface area contributed by atoms with Crippen molar-refractivity contribution in [3.63, 3.8) is 0 Å². The first kappa shape index (κ1) is 14.4. The summed E-state index contributed by atoms with van der Waals surface area (Å²) in [6.07, 6.45) is 4.24. The summed E-state index contributed by atoms with van der Waals surface area (Å²) in [5.41, 5.74) is 1.10. The molecule has 0 aromatic carbocycles. The molecule has 0 aliphatic carbocycles. The summed E-state index contributed by atoms with van der Waals surface area (Å²) in [5, 5.41) is 13.3. The van der Waals surface area contributed by atoms with Gasteiger partial charge in [-0.25, -0.2) is 4.79 Å². The van der Waals surface area contributed by atoms with Gasteiger partial charge in [0.1, 0.15) is 6.04 Å². The van der Waals surface area contributed by atoms with Gasteiger partial charge in [-0.2, -0.15) is 0 Å². The Kier molecular flexibility index (Phi) is 5.58. The standard InChI is InChI=1S/C13H17NO3S/c1-3-4-10(13(16)17)14-12(15)6-5-11-9(2)7-8-18-11/h5-8,10H,3-4H2,1-2H3,(H,14,15)(H,16,17)/b6-5+/t10-/m0/s1. The number of rotatable bonds is 6. The van der Waals surface area contributed by atoms with E-state index in [-0.39, 0.29) is 5.91 Å². The van der Waals surface area contributed by atoms with Crippen molar-refractivity contribution in [1.29, 1.82) is 0 Å². The smallest absolute Gasteiger partial charge is 0.326 e. The zero-order chi connectivity index (χ0) is 13.5. The lowest BCUT2D eigenvalue weighted by atomic mass is 10.1. The number of hydrogen-bond donors (Lipinski definition) is 2. The van der Waals surface area contributed by atoms with Crippen molar-refractivity contribution in [2.75, 3.05) is 0 Å². The van der Waals surface area contributed by atoms with Crippen LogP contribution in [0.15, 0.2) is 17.5 Å². The number of carbonyl (C=O) groups is 2. The molecule has 18 heavy (non-hydrogen) atoms. The summed E-state index contributed by atoms with van der Waals surface area (Å²) in [7, 11) is 0. The van der Waals surface area contributed by atoms with Gasteiger partial charge in [-0.15, -0.1) is 11.3 Å². The molecular weight excluding hydrogens is 250 g/mol. The van der Waals surface area contributed by atoms with Crippen molar-refractivity contribution >= 4 is 29.3 Å². The predicted molar refractivity (Wildman–Crippen MR) is 72.6 cm³/mol.